The maximum absolute atomic E-state index is 13.3. The maximum atomic E-state index is 13.3. The van der Waals surface area contributed by atoms with Gasteiger partial charge < -0.3 is 9.42 Å². The first kappa shape index (κ1) is 20.7. The van der Waals surface area contributed by atoms with Crippen LogP contribution in [0.2, 0.25) is 5.02 Å². The number of amides is 1. The second kappa shape index (κ2) is 8.69. The van der Waals surface area contributed by atoms with Gasteiger partial charge in [0.2, 0.25) is 5.91 Å². The molecule has 2 aromatic carbocycles. The van der Waals surface area contributed by atoms with Crippen LogP contribution in [0.3, 0.4) is 0 Å². The molecule has 0 aliphatic heterocycles. The van der Waals surface area contributed by atoms with Crippen molar-refractivity contribution < 1.29 is 13.7 Å². The number of hydrogen-bond donors (Lipinski definition) is 0. The highest BCUT2D eigenvalue weighted by Gasteiger charge is 2.20. The molecule has 0 radical (unpaired) electrons. The topological polar surface area (TPSA) is 81.2 Å². The lowest BCUT2D eigenvalue weighted by molar-refractivity contribution is -0.119. The highest BCUT2D eigenvalue weighted by Crippen LogP contribution is 2.25. The molecule has 0 N–H and O–H groups in total. The minimum Gasteiger partial charge on any atom is -0.335 e. The van der Waals surface area contributed by atoms with Crippen LogP contribution in [0.15, 0.2) is 64.2 Å². The van der Waals surface area contributed by atoms with Crippen LogP contribution in [-0.2, 0) is 11.3 Å². The van der Waals surface area contributed by atoms with Crippen molar-refractivity contribution in [3.8, 4) is 11.3 Å². The van der Waals surface area contributed by atoms with Crippen LogP contribution in [0.1, 0.15) is 13.3 Å². The molecule has 4 rings (SSSR count). The zero-order chi connectivity index (χ0) is 22.0. The molecule has 0 aliphatic carbocycles. The molecule has 0 spiro atoms. The molecule has 2 heterocycles. The van der Waals surface area contributed by atoms with Gasteiger partial charge in [-0.15, -0.1) is 0 Å². The highest BCUT2D eigenvalue weighted by molar-refractivity contribution is 6.30. The molecule has 4 aromatic rings. The molecule has 158 valence electrons. The molecule has 0 saturated heterocycles. The Balaban J connectivity index is 1.70. The van der Waals surface area contributed by atoms with E-state index in [1.807, 2.05) is 6.92 Å². The fourth-order valence-corrected chi connectivity index (χ4v) is 3.48. The van der Waals surface area contributed by atoms with Gasteiger partial charge in [0.25, 0.3) is 11.3 Å². The average molecular weight is 441 g/mol. The lowest BCUT2D eigenvalue weighted by Gasteiger charge is -2.22. The number of anilines is 1. The molecule has 31 heavy (non-hydrogen) atoms. The van der Waals surface area contributed by atoms with Crippen LogP contribution in [0, 0.1) is 5.82 Å². The Morgan fingerprint density at radius 2 is 2.00 bits per heavy atom. The van der Waals surface area contributed by atoms with Gasteiger partial charge in [0.15, 0.2) is 0 Å². The predicted octanol–water partition coefficient (Wildman–Crippen LogP) is 4.29. The molecule has 0 aliphatic rings. The Hall–Kier alpha value is -3.52. The highest BCUT2D eigenvalue weighted by atomic mass is 35.5. The first-order chi connectivity index (χ1) is 15.0. The van der Waals surface area contributed by atoms with Gasteiger partial charge in [-0.2, -0.15) is 0 Å². The SMILES string of the molecule is CCCN(C(=O)Cn1cnc2onc(-c3ccc(F)cc3)c2c1=O)c1cccc(Cl)c1. The number of benzene rings is 2. The normalized spacial score (nSPS) is 11.1. The van der Waals surface area contributed by atoms with E-state index in [1.165, 1.54) is 35.2 Å². The molecular formula is C22H18ClFN4O3. The molecule has 0 fully saturated rings. The Morgan fingerprint density at radius 1 is 1.23 bits per heavy atom. The van der Waals surface area contributed by atoms with Crippen molar-refractivity contribution in [1.29, 1.82) is 0 Å². The van der Waals surface area contributed by atoms with Crippen LogP contribution < -0.4 is 10.5 Å². The first-order valence-electron chi connectivity index (χ1n) is 9.64. The zero-order valence-corrected chi connectivity index (χ0v) is 17.3. The number of carbonyl (C=O) groups excluding carboxylic acids is 1. The molecule has 9 heteroatoms. The van der Waals surface area contributed by atoms with Crippen LogP contribution in [0.5, 0.6) is 0 Å². The summed E-state index contributed by atoms with van der Waals surface area (Å²) in [4.78, 5) is 31.9. The van der Waals surface area contributed by atoms with Gasteiger partial charge in [0.05, 0.1) is 0 Å². The van der Waals surface area contributed by atoms with Crippen molar-refractivity contribution in [2.45, 2.75) is 19.9 Å². The fourth-order valence-electron chi connectivity index (χ4n) is 3.29. The summed E-state index contributed by atoms with van der Waals surface area (Å²) in [7, 11) is 0. The monoisotopic (exact) mass is 440 g/mol. The third kappa shape index (κ3) is 4.20. The minimum atomic E-state index is -0.471. The standard InChI is InChI=1S/C22H18ClFN4O3/c1-2-10-28(17-5-3-4-15(23)11-17)18(29)12-27-13-25-21-19(22(27)30)20(26-31-21)14-6-8-16(24)9-7-14/h3-9,11,13H,2,10,12H2,1H3. The third-order valence-corrected chi connectivity index (χ3v) is 4.99. The van der Waals surface area contributed by atoms with E-state index in [0.29, 0.717) is 22.8 Å². The van der Waals surface area contributed by atoms with E-state index in [2.05, 4.69) is 10.1 Å². The van der Waals surface area contributed by atoms with E-state index < -0.39 is 11.4 Å². The van der Waals surface area contributed by atoms with Crippen LogP contribution in [0.4, 0.5) is 10.1 Å². The van der Waals surface area contributed by atoms with Gasteiger partial charge in [0.1, 0.15) is 29.8 Å². The fraction of sp³-hybridized carbons (Fsp3) is 0.182. The largest absolute Gasteiger partial charge is 0.335 e. The summed E-state index contributed by atoms with van der Waals surface area (Å²) < 4.78 is 19.6. The third-order valence-electron chi connectivity index (χ3n) is 4.75. The molecule has 7 nitrogen and oxygen atoms in total. The van der Waals surface area contributed by atoms with Crippen molar-refractivity contribution in [2.75, 3.05) is 11.4 Å². The Morgan fingerprint density at radius 3 is 2.71 bits per heavy atom. The number of hydrogen-bond acceptors (Lipinski definition) is 5. The molecule has 0 saturated carbocycles. The summed E-state index contributed by atoms with van der Waals surface area (Å²) in [5.41, 5.74) is 0.984. The van der Waals surface area contributed by atoms with E-state index in [9.17, 15) is 14.0 Å². The summed E-state index contributed by atoms with van der Waals surface area (Å²) in [6, 6.07) is 12.5. The molecule has 0 atom stereocenters. The van der Waals surface area contributed by atoms with E-state index in [-0.39, 0.29) is 29.2 Å². The molecule has 2 aromatic heterocycles. The number of aromatic nitrogens is 3. The van der Waals surface area contributed by atoms with E-state index in [1.54, 1.807) is 29.2 Å². The summed E-state index contributed by atoms with van der Waals surface area (Å²) >= 11 is 6.07. The number of carbonyl (C=O) groups is 1. The summed E-state index contributed by atoms with van der Waals surface area (Å²) in [6.45, 7) is 2.21. The number of fused-ring (bicyclic) bond motifs is 1. The van der Waals surface area contributed by atoms with Crippen molar-refractivity contribution >= 4 is 34.3 Å². The quantitative estimate of drug-likeness (QED) is 0.447. The Bertz CT molecular complexity index is 1300. The summed E-state index contributed by atoms with van der Waals surface area (Å²) in [6.07, 6.45) is 1.98. The van der Waals surface area contributed by atoms with Crippen LogP contribution >= 0.6 is 11.6 Å². The number of halogens is 2. The molecular weight excluding hydrogens is 423 g/mol. The second-order valence-corrected chi connectivity index (χ2v) is 7.36. The van der Waals surface area contributed by atoms with E-state index in [4.69, 9.17) is 16.1 Å². The van der Waals surface area contributed by atoms with Crippen LogP contribution in [0.25, 0.3) is 22.4 Å². The number of nitrogens with zero attached hydrogens (tertiary/aromatic N) is 4. The number of rotatable bonds is 6. The Kier molecular flexibility index (Phi) is 5.81. The van der Waals surface area contributed by atoms with E-state index in [0.717, 1.165) is 6.42 Å². The van der Waals surface area contributed by atoms with Gasteiger partial charge in [0, 0.05) is 22.8 Å². The van der Waals surface area contributed by atoms with Crippen LogP contribution in [-0.4, -0.2) is 27.2 Å². The smallest absolute Gasteiger partial charge is 0.267 e. The zero-order valence-electron chi connectivity index (χ0n) is 16.6. The van der Waals surface area contributed by atoms with Gasteiger partial charge in [-0.3, -0.25) is 14.2 Å². The maximum Gasteiger partial charge on any atom is 0.267 e. The minimum absolute atomic E-state index is 0.0493. The van der Waals surface area contributed by atoms with Crippen molar-refractivity contribution in [1.82, 2.24) is 14.7 Å². The molecule has 0 unspecified atom stereocenters. The van der Waals surface area contributed by atoms with Gasteiger partial charge in [-0.25, -0.2) is 9.37 Å². The van der Waals surface area contributed by atoms with Gasteiger partial charge in [-0.05, 0) is 48.9 Å². The van der Waals surface area contributed by atoms with Crippen molar-refractivity contribution in [2.24, 2.45) is 0 Å². The van der Waals surface area contributed by atoms with Gasteiger partial charge in [-0.1, -0.05) is 29.7 Å². The second-order valence-electron chi connectivity index (χ2n) is 6.92. The Labute approximate surface area is 181 Å². The average Bonchev–Trinajstić information content (AvgIpc) is 3.19. The van der Waals surface area contributed by atoms with Crippen molar-refractivity contribution in [3.63, 3.8) is 0 Å². The predicted molar refractivity (Wildman–Crippen MR) is 116 cm³/mol. The summed E-state index contributed by atoms with van der Waals surface area (Å²) in [5.74, 6) is -0.693. The summed E-state index contributed by atoms with van der Waals surface area (Å²) in [5, 5.41) is 4.56. The van der Waals surface area contributed by atoms with Crippen molar-refractivity contribution in [3.05, 3.63) is 76.1 Å². The first-order valence-corrected chi connectivity index (χ1v) is 10.0. The molecule has 0 bridgehead atoms. The lowest BCUT2D eigenvalue weighted by atomic mass is 10.1. The van der Waals surface area contributed by atoms with E-state index >= 15 is 0 Å². The lowest BCUT2D eigenvalue weighted by Crippen LogP contribution is -2.37. The molecule has 1 amide bonds. The van der Waals surface area contributed by atoms with Gasteiger partial charge >= 0.3 is 0 Å².